The highest BCUT2D eigenvalue weighted by Gasteiger charge is 2.08. The number of rotatable bonds is 9. The van der Waals surface area contributed by atoms with Gasteiger partial charge in [-0.3, -0.25) is 4.79 Å². The molecule has 0 bridgehead atoms. The smallest absolute Gasteiger partial charge is 0.220 e. The number of hydrogen-bond donors (Lipinski definition) is 2. The lowest BCUT2D eigenvalue weighted by Gasteiger charge is -2.07. The van der Waals surface area contributed by atoms with Crippen LogP contribution in [-0.2, 0) is 11.2 Å². The first-order valence-corrected chi connectivity index (χ1v) is 7.05. The van der Waals surface area contributed by atoms with Crippen molar-refractivity contribution in [1.29, 1.82) is 0 Å². The van der Waals surface area contributed by atoms with Crippen LogP contribution in [0.2, 0.25) is 0 Å². The highest BCUT2D eigenvalue weighted by molar-refractivity contribution is 5.75. The normalized spacial score (nSPS) is 10.6. The summed E-state index contributed by atoms with van der Waals surface area (Å²) in [5, 5.41) is 2.68. The van der Waals surface area contributed by atoms with Crippen molar-refractivity contribution in [1.82, 2.24) is 5.32 Å². The van der Waals surface area contributed by atoms with Crippen molar-refractivity contribution in [2.45, 2.75) is 38.5 Å². The average molecular weight is 284 g/mol. The molecule has 112 valence electrons. The molecule has 0 spiro atoms. The lowest BCUT2D eigenvalue weighted by molar-refractivity contribution is -0.121. The zero-order valence-corrected chi connectivity index (χ0v) is 11.6. The first-order chi connectivity index (χ1) is 9.65. The standard InChI is InChI=1S/C15H22F2N2O/c16-13-6-5-7-14(17)12(13)9-11-19-15(20)8-3-1-2-4-10-18/h5-7H,1-4,8-11,18H2,(H,19,20). The second-order valence-electron chi connectivity index (χ2n) is 4.75. The first-order valence-electron chi connectivity index (χ1n) is 7.05. The lowest BCUT2D eigenvalue weighted by Crippen LogP contribution is -2.25. The summed E-state index contributed by atoms with van der Waals surface area (Å²) in [7, 11) is 0. The van der Waals surface area contributed by atoms with Crippen molar-refractivity contribution < 1.29 is 13.6 Å². The Labute approximate surface area is 118 Å². The van der Waals surface area contributed by atoms with Crippen LogP contribution in [0, 0.1) is 11.6 Å². The van der Waals surface area contributed by atoms with Gasteiger partial charge in [0.15, 0.2) is 0 Å². The molecule has 0 saturated heterocycles. The van der Waals surface area contributed by atoms with Gasteiger partial charge in [0.2, 0.25) is 5.91 Å². The van der Waals surface area contributed by atoms with Gasteiger partial charge >= 0.3 is 0 Å². The zero-order valence-electron chi connectivity index (χ0n) is 11.6. The van der Waals surface area contributed by atoms with Crippen LogP contribution < -0.4 is 11.1 Å². The molecular weight excluding hydrogens is 262 g/mol. The van der Waals surface area contributed by atoms with Gasteiger partial charge in [-0.25, -0.2) is 8.78 Å². The molecule has 0 fully saturated rings. The number of nitrogens with two attached hydrogens (primary N) is 1. The van der Waals surface area contributed by atoms with Crippen LogP contribution in [0.3, 0.4) is 0 Å². The number of amides is 1. The number of halogens is 2. The SMILES string of the molecule is NCCCCCCC(=O)NCCc1c(F)cccc1F. The van der Waals surface area contributed by atoms with Crippen molar-refractivity contribution in [3.63, 3.8) is 0 Å². The maximum Gasteiger partial charge on any atom is 0.220 e. The Bertz CT molecular complexity index is 404. The van der Waals surface area contributed by atoms with Gasteiger partial charge in [-0.1, -0.05) is 18.9 Å². The molecule has 0 atom stereocenters. The third-order valence-electron chi connectivity index (χ3n) is 3.12. The van der Waals surface area contributed by atoms with Crippen LogP contribution >= 0.6 is 0 Å². The van der Waals surface area contributed by atoms with E-state index in [0.717, 1.165) is 25.7 Å². The van der Waals surface area contributed by atoms with Gasteiger partial charge in [-0.2, -0.15) is 0 Å². The predicted octanol–water partition coefficient (Wildman–Crippen LogP) is 2.53. The number of carbonyl (C=O) groups is 1. The second kappa shape index (κ2) is 9.42. The van der Waals surface area contributed by atoms with E-state index in [0.29, 0.717) is 13.0 Å². The third kappa shape index (κ3) is 6.10. The fourth-order valence-electron chi connectivity index (χ4n) is 1.97. The van der Waals surface area contributed by atoms with E-state index in [-0.39, 0.29) is 24.4 Å². The van der Waals surface area contributed by atoms with Crippen LogP contribution in [0.15, 0.2) is 18.2 Å². The van der Waals surface area contributed by atoms with Crippen LogP contribution in [0.5, 0.6) is 0 Å². The van der Waals surface area contributed by atoms with Crippen molar-refractivity contribution in [3.05, 3.63) is 35.4 Å². The van der Waals surface area contributed by atoms with Crippen LogP contribution in [-0.4, -0.2) is 19.0 Å². The minimum Gasteiger partial charge on any atom is -0.356 e. The Balaban J connectivity index is 2.19. The summed E-state index contributed by atoms with van der Waals surface area (Å²) < 4.78 is 26.7. The molecule has 0 unspecified atom stereocenters. The van der Waals surface area contributed by atoms with Gasteiger partial charge in [-0.15, -0.1) is 0 Å². The van der Waals surface area contributed by atoms with E-state index in [1.165, 1.54) is 18.2 Å². The van der Waals surface area contributed by atoms with Crippen LogP contribution in [0.1, 0.15) is 37.7 Å². The molecule has 20 heavy (non-hydrogen) atoms. The topological polar surface area (TPSA) is 55.1 Å². The lowest BCUT2D eigenvalue weighted by atomic mass is 10.1. The summed E-state index contributed by atoms with van der Waals surface area (Å²) in [6.07, 6.45) is 4.42. The van der Waals surface area contributed by atoms with Crippen molar-refractivity contribution in [2.24, 2.45) is 5.73 Å². The number of benzene rings is 1. The van der Waals surface area contributed by atoms with Gasteiger partial charge in [0.1, 0.15) is 11.6 Å². The molecule has 3 N–H and O–H groups in total. The summed E-state index contributed by atoms with van der Waals surface area (Å²) >= 11 is 0. The maximum absolute atomic E-state index is 13.3. The van der Waals surface area contributed by atoms with Crippen LogP contribution in [0.4, 0.5) is 8.78 Å². The van der Waals surface area contributed by atoms with Gasteiger partial charge in [-0.05, 0) is 37.9 Å². The number of unbranched alkanes of at least 4 members (excludes halogenated alkanes) is 3. The zero-order chi connectivity index (χ0) is 14.8. The minimum absolute atomic E-state index is 0.0238. The highest BCUT2D eigenvalue weighted by atomic mass is 19.1. The number of hydrogen-bond acceptors (Lipinski definition) is 2. The molecule has 1 amide bonds. The summed E-state index contributed by atoms with van der Waals surface area (Å²) in [6.45, 7) is 0.930. The molecular formula is C15H22F2N2O. The minimum atomic E-state index is -0.568. The summed E-state index contributed by atoms with van der Waals surface area (Å²) in [5.41, 5.74) is 5.40. The van der Waals surface area contributed by atoms with Crippen LogP contribution in [0.25, 0.3) is 0 Å². The first kappa shape index (κ1) is 16.6. The maximum atomic E-state index is 13.3. The molecule has 0 aliphatic carbocycles. The Morgan fingerprint density at radius 2 is 1.75 bits per heavy atom. The molecule has 1 aromatic carbocycles. The summed E-state index contributed by atoms with van der Waals surface area (Å²) in [5.74, 6) is -1.21. The molecule has 0 heterocycles. The summed E-state index contributed by atoms with van der Waals surface area (Å²) in [4.78, 5) is 11.5. The fraction of sp³-hybridized carbons (Fsp3) is 0.533. The Kier molecular flexibility index (Phi) is 7.80. The second-order valence-corrected chi connectivity index (χ2v) is 4.75. The van der Waals surface area contributed by atoms with E-state index < -0.39 is 11.6 Å². The average Bonchev–Trinajstić information content (AvgIpc) is 2.42. The quantitative estimate of drug-likeness (QED) is 0.685. The molecule has 0 aliphatic heterocycles. The third-order valence-corrected chi connectivity index (χ3v) is 3.12. The molecule has 1 rings (SSSR count). The predicted molar refractivity (Wildman–Crippen MR) is 75.2 cm³/mol. The molecule has 0 radical (unpaired) electrons. The van der Waals surface area contributed by atoms with E-state index in [4.69, 9.17) is 5.73 Å². The number of carbonyl (C=O) groups excluding carboxylic acids is 1. The monoisotopic (exact) mass is 284 g/mol. The summed E-state index contributed by atoms with van der Waals surface area (Å²) in [6, 6.07) is 3.77. The van der Waals surface area contributed by atoms with Crippen molar-refractivity contribution in [3.8, 4) is 0 Å². The van der Waals surface area contributed by atoms with E-state index in [1.54, 1.807) is 0 Å². The van der Waals surface area contributed by atoms with E-state index in [2.05, 4.69) is 5.32 Å². The molecule has 0 aliphatic rings. The molecule has 1 aromatic rings. The van der Waals surface area contributed by atoms with E-state index in [1.807, 2.05) is 0 Å². The Morgan fingerprint density at radius 3 is 2.40 bits per heavy atom. The fourth-order valence-corrected chi connectivity index (χ4v) is 1.97. The molecule has 3 nitrogen and oxygen atoms in total. The molecule has 0 aromatic heterocycles. The highest BCUT2D eigenvalue weighted by Crippen LogP contribution is 2.12. The Hall–Kier alpha value is -1.49. The van der Waals surface area contributed by atoms with Gasteiger partial charge in [0.05, 0.1) is 0 Å². The van der Waals surface area contributed by atoms with Crippen molar-refractivity contribution >= 4 is 5.91 Å². The van der Waals surface area contributed by atoms with E-state index in [9.17, 15) is 13.6 Å². The van der Waals surface area contributed by atoms with Gasteiger partial charge in [0, 0.05) is 18.5 Å². The molecule has 5 heteroatoms. The van der Waals surface area contributed by atoms with Gasteiger partial charge < -0.3 is 11.1 Å². The number of nitrogens with one attached hydrogen (secondary N) is 1. The van der Waals surface area contributed by atoms with Gasteiger partial charge in [0.25, 0.3) is 0 Å². The largest absolute Gasteiger partial charge is 0.356 e. The van der Waals surface area contributed by atoms with E-state index >= 15 is 0 Å². The van der Waals surface area contributed by atoms with Crippen molar-refractivity contribution in [2.75, 3.05) is 13.1 Å². The Morgan fingerprint density at radius 1 is 1.10 bits per heavy atom. The molecule has 0 saturated carbocycles.